The van der Waals surface area contributed by atoms with E-state index in [1.165, 1.54) is 5.56 Å². The predicted molar refractivity (Wildman–Crippen MR) is 109 cm³/mol. The van der Waals surface area contributed by atoms with Gasteiger partial charge in [0, 0.05) is 25.2 Å². The van der Waals surface area contributed by atoms with Crippen molar-refractivity contribution in [1.29, 1.82) is 0 Å². The van der Waals surface area contributed by atoms with Gasteiger partial charge in [0.2, 0.25) is 5.91 Å². The van der Waals surface area contributed by atoms with Crippen LogP contribution in [0.1, 0.15) is 24.0 Å². The third-order valence-corrected chi connectivity index (χ3v) is 4.96. The minimum atomic E-state index is -0.695. The summed E-state index contributed by atoms with van der Waals surface area (Å²) < 4.78 is 0. The fraction of sp³-hybridized carbons (Fsp3) is 0.381. The van der Waals surface area contributed by atoms with Crippen LogP contribution in [0.2, 0.25) is 0 Å². The number of piperidine rings is 1. The molecule has 146 valence electrons. The van der Waals surface area contributed by atoms with Crippen LogP contribution >= 0.6 is 12.4 Å². The number of likely N-dealkylation sites (tertiary alicyclic amines) is 1. The Morgan fingerprint density at radius 1 is 1.07 bits per heavy atom. The number of aryl methyl sites for hydroxylation is 1. The molecule has 6 heteroatoms. The minimum absolute atomic E-state index is 0. The number of aliphatic hydroxyl groups is 1. The summed E-state index contributed by atoms with van der Waals surface area (Å²) in [7, 11) is 0. The molecule has 27 heavy (non-hydrogen) atoms. The third-order valence-electron chi connectivity index (χ3n) is 4.96. The molecule has 0 atom stereocenters. The molecular formula is C21H27ClN2O3. The van der Waals surface area contributed by atoms with Crippen LogP contribution in [0.25, 0.3) is 0 Å². The Kier molecular flexibility index (Phi) is 7.25. The highest BCUT2D eigenvalue weighted by atomic mass is 35.5. The number of rotatable bonds is 5. The smallest absolute Gasteiger partial charge is 0.238 e. The summed E-state index contributed by atoms with van der Waals surface area (Å²) in [5.41, 5.74) is 2.34. The number of benzene rings is 2. The molecule has 3 N–H and O–H groups in total. The Bertz CT molecular complexity index is 739. The van der Waals surface area contributed by atoms with Crippen molar-refractivity contribution < 1.29 is 15.0 Å². The maximum atomic E-state index is 12.2. The molecule has 1 amide bonds. The van der Waals surface area contributed by atoms with Gasteiger partial charge in [-0.3, -0.25) is 9.69 Å². The SMILES string of the molecule is Cc1ccc(CC2(O)CCN(CC(=O)Nc3ccc(O)cc3)CC2)cc1.Cl. The summed E-state index contributed by atoms with van der Waals surface area (Å²) >= 11 is 0. The first kappa shape index (κ1) is 21.2. The molecule has 0 bridgehead atoms. The second-order valence-electron chi connectivity index (χ2n) is 7.26. The topological polar surface area (TPSA) is 72.8 Å². The molecule has 1 aliphatic heterocycles. The third kappa shape index (κ3) is 6.24. The average molecular weight is 391 g/mol. The molecule has 5 nitrogen and oxygen atoms in total. The zero-order chi connectivity index (χ0) is 18.6. The van der Waals surface area contributed by atoms with Gasteiger partial charge in [-0.25, -0.2) is 0 Å². The van der Waals surface area contributed by atoms with Crippen LogP contribution in [0.3, 0.4) is 0 Å². The van der Waals surface area contributed by atoms with Crippen LogP contribution in [-0.2, 0) is 11.2 Å². The van der Waals surface area contributed by atoms with E-state index in [4.69, 9.17) is 0 Å². The van der Waals surface area contributed by atoms with Crippen molar-refractivity contribution in [3.63, 3.8) is 0 Å². The predicted octanol–water partition coefficient (Wildman–Crippen LogP) is 3.13. The van der Waals surface area contributed by atoms with E-state index in [1.807, 2.05) is 0 Å². The average Bonchev–Trinajstić information content (AvgIpc) is 2.61. The minimum Gasteiger partial charge on any atom is -0.508 e. The summed E-state index contributed by atoms with van der Waals surface area (Å²) in [6.07, 6.45) is 1.97. The van der Waals surface area contributed by atoms with E-state index in [0.717, 1.165) is 5.56 Å². The Labute approximate surface area is 166 Å². The molecule has 0 saturated carbocycles. The Balaban J connectivity index is 0.00000261. The van der Waals surface area contributed by atoms with Crippen molar-refractivity contribution in [2.45, 2.75) is 31.8 Å². The molecule has 0 aliphatic carbocycles. The van der Waals surface area contributed by atoms with Crippen molar-refractivity contribution in [2.24, 2.45) is 0 Å². The van der Waals surface area contributed by atoms with Gasteiger partial charge in [0.1, 0.15) is 5.75 Å². The van der Waals surface area contributed by atoms with E-state index in [0.29, 0.717) is 44.6 Å². The first-order valence-corrected chi connectivity index (χ1v) is 9.01. The number of aromatic hydroxyl groups is 1. The lowest BCUT2D eigenvalue weighted by Gasteiger charge is -2.38. The summed E-state index contributed by atoms with van der Waals surface area (Å²) in [4.78, 5) is 14.2. The van der Waals surface area contributed by atoms with Gasteiger partial charge >= 0.3 is 0 Å². The summed E-state index contributed by atoms with van der Waals surface area (Å²) in [6, 6.07) is 14.7. The fourth-order valence-corrected chi connectivity index (χ4v) is 3.34. The van der Waals surface area contributed by atoms with Gasteiger partial charge in [0.25, 0.3) is 0 Å². The number of nitrogens with zero attached hydrogens (tertiary/aromatic N) is 1. The molecule has 1 fully saturated rings. The first-order valence-electron chi connectivity index (χ1n) is 9.01. The lowest BCUT2D eigenvalue weighted by atomic mass is 9.85. The molecule has 1 aliphatic rings. The number of hydrogen-bond donors (Lipinski definition) is 3. The van der Waals surface area contributed by atoms with Gasteiger partial charge in [-0.1, -0.05) is 29.8 Å². The lowest BCUT2D eigenvalue weighted by Crippen LogP contribution is -2.47. The van der Waals surface area contributed by atoms with Crippen LogP contribution in [0.15, 0.2) is 48.5 Å². The fourth-order valence-electron chi connectivity index (χ4n) is 3.34. The number of nitrogens with one attached hydrogen (secondary N) is 1. The number of carbonyl (C=O) groups is 1. The molecule has 0 aromatic heterocycles. The van der Waals surface area contributed by atoms with Crippen molar-refractivity contribution in [1.82, 2.24) is 4.90 Å². The second-order valence-corrected chi connectivity index (χ2v) is 7.26. The zero-order valence-corrected chi connectivity index (χ0v) is 16.3. The quantitative estimate of drug-likeness (QED) is 0.686. The van der Waals surface area contributed by atoms with Gasteiger partial charge in [0.05, 0.1) is 12.1 Å². The summed E-state index contributed by atoms with van der Waals surface area (Å²) in [5, 5.41) is 23.0. The van der Waals surface area contributed by atoms with E-state index >= 15 is 0 Å². The standard InChI is InChI=1S/C21H26N2O3.ClH/c1-16-2-4-17(5-3-16)14-21(26)10-12-23(13-11-21)15-20(25)22-18-6-8-19(24)9-7-18;/h2-9,24,26H,10-15H2,1H3,(H,22,25);1H. The Morgan fingerprint density at radius 2 is 1.67 bits per heavy atom. The molecule has 1 heterocycles. The van der Waals surface area contributed by atoms with Crippen molar-refractivity contribution in [3.8, 4) is 5.75 Å². The van der Waals surface area contributed by atoms with Crippen LogP contribution in [0.4, 0.5) is 5.69 Å². The van der Waals surface area contributed by atoms with E-state index in [9.17, 15) is 15.0 Å². The molecule has 0 unspecified atom stereocenters. The van der Waals surface area contributed by atoms with E-state index in [2.05, 4.69) is 41.4 Å². The largest absolute Gasteiger partial charge is 0.508 e. The van der Waals surface area contributed by atoms with Gasteiger partial charge in [-0.05, 0) is 49.6 Å². The van der Waals surface area contributed by atoms with Crippen LogP contribution in [0, 0.1) is 6.92 Å². The molecule has 0 radical (unpaired) electrons. The van der Waals surface area contributed by atoms with Gasteiger partial charge in [-0.15, -0.1) is 12.4 Å². The highest BCUT2D eigenvalue weighted by molar-refractivity contribution is 5.92. The van der Waals surface area contributed by atoms with Gasteiger partial charge < -0.3 is 15.5 Å². The lowest BCUT2D eigenvalue weighted by molar-refractivity contribution is -0.118. The number of halogens is 1. The second kappa shape index (κ2) is 9.22. The van der Waals surface area contributed by atoms with E-state index in [-0.39, 0.29) is 24.1 Å². The summed E-state index contributed by atoms with van der Waals surface area (Å²) in [5.74, 6) is 0.0894. The monoisotopic (exact) mass is 390 g/mol. The molecule has 3 rings (SSSR count). The van der Waals surface area contributed by atoms with Crippen LogP contribution in [-0.4, -0.2) is 46.3 Å². The van der Waals surface area contributed by atoms with Crippen molar-refractivity contribution in [2.75, 3.05) is 25.0 Å². The van der Waals surface area contributed by atoms with Gasteiger partial charge in [0.15, 0.2) is 0 Å². The molecule has 1 saturated heterocycles. The maximum Gasteiger partial charge on any atom is 0.238 e. The highest BCUT2D eigenvalue weighted by Gasteiger charge is 2.32. The number of amides is 1. The number of hydrogen-bond acceptors (Lipinski definition) is 4. The van der Waals surface area contributed by atoms with E-state index < -0.39 is 5.60 Å². The number of phenolic OH excluding ortho intramolecular Hbond substituents is 1. The number of carbonyl (C=O) groups excluding carboxylic acids is 1. The number of anilines is 1. The van der Waals surface area contributed by atoms with Crippen molar-refractivity contribution >= 4 is 24.0 Å². The molecule has 0 spiro atoms. The maximum absolute atomic E-state index is 12.2. The highest BCUT2D eigenvalue weighted by Crippen LogP contribution is 2.26. The van der Waals surface area contributed by atoms with Crippen molar-refractivity contribution in [3.05, 3.63) is 59.7 Å². The normalized spacial score (nSPS) is 16.4. The van der Waals surface area contributed by atoms with Gasteiger partial charge in [-0.2, -0.15) is 0 Å². The Morgan fingerprint density at radius 3 is 2.26 bits per heavy atom. The zero-order valence-electron chi connectivity index (χ0n) is 15.5. The molecular weight excluding hydrogens is 364 g/mol. The Hall–Kier alpha value is -2.08. The van der Waals surface area contributed by atoms with Crippen LogP contribution < -0.4 is 5.32 Å². The molecule has 2 aromatic rings. The number of phenols is 1. The first-order chi connectivity index (χ1) is 12.4. The van der Waals surface area contributed by atoms with Crippen LogP contribution in [0.5, 0.6) is 5.75 Å². The molecule has 2 aromatic carbocycles. The van der Waals surface area contributed by atoms with E-state index in [1.54, 1.807) is 24.3 Å². The summed E-state index contributed by atoms with van der Waals surface area (Å²) in [6.45, 7) is 3.76.